The molecule has 116 valence electrons. The van der Waals surface area contributed by atoms with Gasteiger partial charge in [-0.2, -0.15) is 0 Å². The molecule has 0 radical (unpaired) electrons. The molecule has 1 aromatic carbocycles. The van der Waals surface area contributed by atoms with Crippen molar-refractivity contribution in [3.05, 3.63) is 29.8 Å². The number of likely N-dealkylation sites (N-methyl/N-ethyl adjacent to an activating group) is 1. The molecule has 0 heterocycles. The zero-order chi connectivity index (χ0) is 15.8. The van der Waals surface area contributed by atoms with Gasteiger partial charge in [0, 0.05) is 18.8 Å². The highest BCUT2D eigenvalue weighted by Gasteiger charge is 2.18. The van der Waals surface area contributed by atoms with Gasteiger partial charge in [-0.1, -0.05) is 12.1 Å². The smallest absolute Gasteiger partial charge is 0.306 e. The summed E-state index contributed by atoms with van der Waals surface area (Å²) >= 11 is 0. The van der Waals surface area contributed by atoms with E-state index in [4.69, 9.17) is 5.73 Å². The third kappa shape index (κ3) is 5.53. The van der Waals surface area contributed by atoms with Crippen molar-refractivity contribution >= 4 is 17.6 Å². The van der Waals surface area contributed by atoms with Crippen LogP contribution >= 0.6 is 0 Å². The minimum absolute atomic E-state index is 0.122. The number of hydrogen-bond donors (Lipinski definition) is 2. The van der Waals surface area contributed by atoms with Crippen LogP contribution in [0.4, 0.5) is 5.69 Å². The SMILES string of the molecule is COC(=O)CCN(C)C(C)C(=O)Nc1ccc(CN)cc1. The first-order valence-electron chi connectivity index (χ1n) is 6.85. The molecule has 0 aliphatic rings. The van der Waals surface area contributed by atoms with Gasteiger partial charge >= 0.3 is 5.97 Å². The summed E-state index contributed by atoms with van der Waals surface area (Å²) in [6.07, 6.45) is 0.260. The van der Waals surface area contributed by atoms with Gasteiger partial charge in [0.1, 0.15) is 0 Å². The second-order valence-corrected chi connectivity index (χ2v) is 4.87. The topological polar surface area (TPSA) is 84.7 Å². The average molecular weight is 293 g/mol. The Kier molecular flexibility index (Phi) is 6.84. The number of nitrogens with two attached hydrogens (primary N) is 1. The predicted molar refractivity (Wildman–Crippen MR) is 81.7 cm³/mol. The van der Waals surface area contributed by atoms with E-state index >= 15 is 0 Å². The Labute approximate surface area is 125 Å². The highest BCUT2D eigenvalue weighted by Crippen LogP contribution is 2.10. The van der Waals surface area contributed by atoms with Crippen LogP contribution in [0, 0.1) is 0 Å². The maximum absolute atomic E-state index is 12.1. The van der Waals surface area contributed by atoms with Gasteiger partial charge in [-0.25, -0.2) is 0 Å². The fourth-order valence-corrected chi connectivity index (χ4v) is 1.73. The van der Waals surface area contributed by atoms with Crippen LogP contribution < -0.4 is 11.1 Å². The Morgan fingerprint density at radius 2 is 1.95 bits per heavy atom. The number of nitrogens with one attached hydrogen (secondary N) is 1. The zero-order valence-electron chi connectivity index (χ0n) is 12.8. The second kappa shape index (κ2) is 8.39. The minimum Gasteiger partial charge on any atom is -0.469 e. The number of rotatable bonds is 7. The van der Waals surface area contributed by atoms with Crippen LogP contribution in [0.15, 0.2) is 24.3 Å². The number of amides is 1. The van der Waals surface area contributed by atoms with Crippen LogP contribution in [0.5, 0.6) is 0 Å². The highest BCUT2D eigenvalue weighted by atomic mass is 16.5. The molecule has 21 heavy (non-hydrogen) atoms. The van der Waals surface area contributed by atoms with E-state index < -0.39 is 0 Å². The molecule has 0 aliphatic heterocycles. The molecule has 1 unspecified atom stereocenters. The van der Waals surface area contributed by atoms with Gasteiger partial charge < -0.3 is 15.8 Å². The molecule has 0 saturated heterocycles. The zero-order valence-corrected chi connectivity index (χ0v) is 12.8. The molecule has 3 N–H and O–H groups in total. The molecule has 0 aliphatic carbocycles. The maximum atomic E-state index is 12.1. The lowest BCUT2D eigenvalue weighted by Gasteiger charge is -2.23. The maximum Gasteiger partial charge on any atom is 0.306 e. The standard InChI is InChI=1S/C15H23N3O3/c1-11(18(2)9-8-14(19)21-3)15(20)17-13-6-4-12(10-16)5-7-13/h4-7,11H,8-10,16H2,1-3H3,(H,17,20). The van der Waals surface area contributed by atoms with Crippen LogP contribution in [-0.4, -0.2) is 43.5 Å². The molecule has 1 amide bonds. The van der Waals surface area contributed by atoms with Gasteiger partial charge in [0.05, 0.1) is 19.6 Å². The van der Waals surface area contributed by atoms with E-state index in [1.807, 2.05) is 24.3 Å². The van der Waals surface area contributed by atoms with Gasteiger partial charge in [0.25, 0.3) is 0 Å². The van der Waals surface area contributed by atoms with Crippen LogP contribution in [0.2, 0.25) is 0 Å². The monoisotopic (exact) mass is 293 g/mol. The fraction of sp³-hybridized carbons (Fsp3) is 0.467. The van der Waals surface area contributed by atoms with Crippen LogP contribution in [0.25, 0.3) is 0 Å². The van der Waals surface area contributed by atoms with Gasteiger partial charge in [-0.15, -0.1) is 0 Å². The second-order valence-electron chi connectivity index (χ2n) is 4.87. The third-order valence-electron chi connectivity index (χ3n) is 3.39. The van der Waals surface area contributed by atoms with Crippen LogP contribution in [-0.2, 0) is 20.9 Å². The van der Waals surface area contributed by atoms with Crippen molar-refractivity contribution in [2.75, 3.05) is 26.0 Å². The van der Waals surface area contributed by atoms with Gasteiger partial charge in [0.2, 0.25) is 5.91 Å². The van der Waals surface area contributed by atoms with Crippen molar-refractivity contribution in [3.8, 4) is 0 Å². The summed E-state index contributed by atoms with van der Waals surface area (Å²) in [6, 6.07) is 7.05. The lowest BCUT2D eigenvalue weighted by Crippen LogP contribution is -2.40. The lowest BCUT2D eigenvalue weighted by molar-refractivity contribution is -0.141. The summed E-state index contributed by atoms with van der Waals surface area (Å²) in [5, 5.41) is 2.84. The Balaban J connectivity index is 2.50. The largest absolute Gasteiger partial charge is 0.469 e. The van der Waals surface area contributed by atoms with E-state index in [1.165, 1.54) is 7.11 Å². The number of esters is 1. The van der Waals surface area contributed by atoms with E-state index in [-0.39, 0.29) is 24.3 Å². The van der Waals surface area contributed by atoms with Gasteiger partial charge in [-0.05, 0) is 31.7 Å². The van der Waals surface area contributed by atoms with Crippen molar-refractivity contribution in [3.63, 3.8) is 0 Å². The number of carbonyl (C=O) groups excluding carboxylic acids is 2. The minimum atomic E-state index is -0.344. The summed E-state index contributed by atoms with van der Waals surface area (Å²) < 4.78 is 4.58. The number of anilines is 1. The van der Waals surface area contributed by atoms with E-state index in [2.05, 4.69) is 10.1 Å². The van der Waals surface area contributed by atoms with E-state index in [0.717, 1.165) is 11.3 Å². The molecule has 1 rings (SSSR count). The molecule has 0 aromatic heterocycles. The fourth-order valence-electron chi connectivity index (χ4n) is 1.73. The first kappa shape index (κ1) is 17.1. The van der Waals surface area contributed by atoms with E-state index in [0.29, 0.717) is 13.1 Å². The first-order valence-corrected chi connectivity index (χ1v) is 6.85. The number of benzene rings is 1. The summed E-state index contributed by atoms with van der Waals surface area (Å²) in [6.45, 7) is 2.73. The first-order chi connectivity index (χ1) is 9.97. The van der Waals surface area contributed by atoms with E-state index in [9.17, 15) is 9.59 Å². The molecular formula is C15H23N3O3. The molecule has 1 atom stereocenters. The summed E-state index contributed by atoms with van der Waals surface area (Å²) in [5.74, 6) is -0.408. The molecule has 0 saturated carbocycles. The number of nitrogens with zero attached hydrogens (tertiary/aromatic N) is 1. The van der Waals surface area contributed by atoms with Crippen LogP contribution in [0.1, 0.15) is 18.9 Å². The van der Waals surface area contributed by atoms with Crippen molar-refractivity contribution in [2.45, 2.75) is 25.9 Å². The Morgan fingerprint density at radius 1 is 1.33 bits per heavy atom. The molecule has 0 fully saturated rings. The van der Waals surface area contributed by atoms with Crippen LogP contribution in [0.3, 0.4) is 0 Å². The molecule has 6 heteroatoms. The number of carbonyl (C=O) groups is 2. The van der Waals surface area contributed by atoms with Gasteiger partial charge in [-0.3, -0.25) is 14.5 Å². The lowest BCUT2D eigenvalue weighted by atomic mass is 10.2. The van der Waals surface area contributed by atoms with Crippen molar-refractivity contribution in [1.82, 2.24) is 4.90 Å². The summed E-state index contributed by atoms with van der Waals surface area (Å²) in [7, 11) is 3.15. The molecule has 0 bridgehead atoms. The van der Waals surface area contributed by atoms with Crippen molar-refractivity contribution < 1.29 is 14.3 Å². The molecule has 0 spiro atoms. The van der Waals surface area contributed by atoms with E-state index in [1.54, 1.807) is 18.9 Å². The quantitative estimate of drug-likeness (QED) is 0.732. The number of methoxy groups -OCH3 is 1. The van der Waals surface area contributed by atoms with Crippen molar-refractivity contribution in [2.24, 2.45) is 5.73 Å². The molecule has 1 aromatic rings. The average Bonchev–Trinajstić information content (AvgIpc) is 2.51. The number of hydrogen-bond acceptors (Lipinski definition) is 5. The molecular weight excluding hydrogens is 270 g/mol. The number of ether oxygens (including phenoxy) is 1. The van der Waals surface area contributed by atoms with Gasteiger partial charge in [0.15, 0.2) is 0 Å². The van der Waals surface area contributed by atoms with Crippen molar-refractivity contribution in [1.29, 1.82) is 0 Å². The Hall–Kier alpha value is -1.92. The summed E-state index contributed by atoms with van der Waals surface area (Å²) in [5.41, 5.74) is 7.26. The highest BCUT2D eigenvalue weighted by molar-refractivity contribution is 5.94. The predicted octanol–water partition coefficient (Wildman–Crippen LogP) is 0.967. The third-order valence-corrected chi connectivity index (χ3v) is 3.39. The summed E-state index contributed by atoms with van der Waals surface area (Å²) in [4.78, 5) is 25.0. The Bertz CT molecular complexity index is 474. The Morgan fingerprint density at radius 3 is 2.48 bits per heavy atom. The molecule has 6 nitrogen and oxygen atoms in total. The normalized spacial score (nSPS) is 12.0.